The third kappa shape index (κ3) is 5.15. The fourth-order valence-electron chi connectivity index (χ4n) is 2.66. The molecular formula is C17H23NO4. The SMILES string of the molecule is O=C(O)C(CCCc1ccccc1)CC(=O)N1CCOCC1. The van der Waals surface area contributed by atoms with Gasteiger partial charge in [0.2, 0.25) is 5.91 Å². The number of rotatable bonds is 7. The molecule has 0 aromatic heterocycles. The van der Waals surface area contributed by atoms with Gasteiger partial charge in [-0.2, -0.15) is 0 Å². The molecule has 1 atom stereocenters. The van der Waals surface area contributed by atoms with Gasteiger partial charge in [-0.05, 0) is 24.8 Å². The standard InChI is InChI=1S/C17H23NO4/c19-16(18-9-11-22-12-10-18)13-15(17(20)21)8-4-7-14-5-2-1-3-6-14/h1-3,5-6,15H,4,7-13H2,(H,20,21). The molecule has 1 aromatic carbocycles. The first-order chi connectivity index (χ1) is 10.7. The second-order valence-corrected chi connectivity index (χ2v) is 5.61. The Bertz CT molecular complexity index is 483. The predicted octanol–water partition coefficient (Wildman–Crippen LogP) is 1.96. The van der Waals surface area contributed by atoms with E-state index in [1.165, 1.54) is 5.56 Å². The molecule has 0 saturated carbocycles. The molecule has 2 rings (SSSR count). The Labute approximate surface area is 130 Å². The van der Waals surface area contributed by atoms with E-state index in [1.807, 2.05) is 30.3 Å². The summed E-state index contributed by atoms with van der Waals surface area (Å²) in [4.78, 5) is 25.2. The number of ether oxygens (including phenoxy) is 1. The molecule has 5 heteroatoms. The number of aliphatic carboxylic acids is 1. The summed E-state index contributed by atoms with van der Waals surface area (Å²) in [6.07, 6.45) is 2.23. The number of carbonyl (C=O) groups is 2. The van der Waals surface area contributed by atoms with Crippen LogP contribution in [0.1, 0.15) is 24.8 Å². The molecule has 1 aliphatic heterocycles. The summed E-state index contributed by atoms with van der Waals surface area (Å²) < 4.78 is 5.21. The molecule has 1 amide bonds. The quantitative estimate of drug-likeness (QED) is 0.836. The van der Waals surface area contributed by atoms with Crippen molar-refractivity contribution in [2.45, 2.75) is 25.7 Å². The fraction of sp³-hybridized carbons (Fsp3) is 0.529. The molecule has 120 valence electrons. The van der Waals surface area contributed by atoms with Crippen molar-refractivity contribution in [3.63, 3.8) is 0 Å². The summed E-state index contributed by atoms with van der Waals surface area (Å²) >= 11 is 0. The van der Waals surface area contributed by atoms with Gasteiger partial charge in [0.1, 0.15) is 0 Å². The lowest BCUT2D eigenvalue weighted by molar-refractivity contribution is -0.147. The van der Waals surface area contributed by atoms with Gasteiger partial charge >= 0.3 is 5.97 Å². The van der Waals surface area contributed by atoms with E-state index >= 15 is 0 Å². The van der Waals surface area contributed by atoms with Crippen molar-refractivity contribution >= 4 is 11.9 Å². The van der Waals surface area contributed by atoms with Gasteiger partial charge < -0.3 is 14.7 Å². The number of amides is 1. The molecule has 1 heterocycles. The number of morpholine rings is 1. The molecule has 0 radical (unpaired) electrons. The Kier molecular flexibility index (Phi) is 6.40. The number of hydrogen-bond donors (Lipinski definition) is 1. The van der Waals surface area contributed by atoms with Crippen LogP contribution in [0, 0.1) is 5.92 Å². The van der Waals surface area contributed by atoms with Crippen LogP contribution in [-0.4, -0.2) is 48.2 Å². The van der Waals surface area contributed by atoms with Gasteiger partial charge in [0.05, 0.1) is 19.1 Å². The Morgan fingerprint density at radius 2 is 1.86 bits per heavy atom. The topological polar surface area (TPSA) is 66.8 Å². The van der Waals surface area contributed by atoms with E-state index in [4.69, 9.17) is 4.74 Å². The van der Waals surface area contributed by atoms with Gasteiger partial charge in [-0.15, -0.1) is 0 Å². The number of carboxylic acid groups (broad SMARTS) is 1. The van der Waals surface area contributed by atoms with Crippen LogP contribution in [0.2, 0.25) is 0 Å². The van der Waals surface area contributed by atoms with Gasteiger partial charge in [-0.25, -0.2) is 0 Å². The summed E-state index contributed by atoms with van der Waals surface area (Å²) in [5.74, 6) is -1.55. The van der Waals surface area contributed by atoms with Crippen LogP contribution >= 0.6 is 0 Å². The van der Waals surface area contributed by atoms with E-state index in [9.17, 15) is 14.7 Å². The first-order valence-corrected chi connectivity index (χ1v) is 7.79. The minimum Gasteiger partial charge on any atom is -0.481 e. The maximum Gasteiger partial charge on any atom is 0.307 e. The third-order valence-electron chi connectivity index (χ3n) is 3.99. The van der Waals surface area contributed by atoms with Crippen LogP contribution < -0.4 is 0 Å². The number of aryl methyl sites for hydroxylation is 1. The minimum atomic E-state index is -0.880. The number of carbonyl (C=O) groups excluding carboxylic acids is 1. The Morgan fingerprint density at radius 3 is 2.50 bits per heavy atom. The molecular weight excluding hydrogens is 282 g/mol. The van der Waals surface area contributed by atoms with Gasteiger partial charge in [0.15, 0.2) is 0 Å². The predicted molar refractivity (Wildman–Crippen MR) is 82.5 cm³/mol. The van der Waals surface area contributed by atoms with Crippen molar-refractivity contribution in [1.29, 1.82) is 0 Å². The Morgan fingerprint density at radius 1 is 1.18 bits per heavy atom. The molecule has 1 aliphatic rings. The summed E-state index contributed by atoms with van der Waals surface area (Å²) in [5.41, 5.74) is 1.20. The highest BCUT2D eigenvalue weighted by molar-refractivity contribution is 5.82. The minimum absolute atomic E-state index is 0.0737. The molecule has 1 N–H and O–H groups in total. The molecule has 1 unspecified atom stereocenters. The molecule has 0 bridgehead atoms. The Hall–Kier alpha value is -1.88. The lowest BCUT2D eigenvalue weighted by Gasteiger charge is -2.27. The third-order valence-corrected chi connectivity index (χ3v) is 3.99. The maximum absolute atomic E-state index is 12.2. The highest BCUT2D eigenvalue weighted by atomic mass is 16.5. The number of carboxylic acids is 1. The highest BCUT2D eigenvalue weighted by Gasteiger charge is 2.25. The molecule has 1 fully saturated rings. The van der Waals surface area contributed by atoms with Crippen LogP contribution in [0.3, 0.4) is 0 Å². The monoisotopic (exact) mass is 305 g/mol. The van der Waals surface area contributed by atoms with E-state index < -0.39 is 11.9 Å². The fourth-order valence-corrected chi connectivity index (χ4v) is 2.66. The maximum atomic E-state index is 12.2. The molecule has 1 aromatic rings. The summed E-state index contributed by atoms with van der Waals surface area (Å²) in [5, 5.41) is 9.32. The lowest BCUT2D eigenvalue weighted by Crippen LogP contribution is -2.41. The second-order valence-electron chi connectivity index (χ2n) is 5.61. The van der Waals surface area contributed by atoms with Gasteiger partial charge in [-0.3, -0.25) is 9.59 Å². The van der Waals surface area contributed by atoms with Crippen molar-refractivity contribution in [1.82, 2.24) is 4.90 Å². The van der Waals surface area contributed by atoms with E-state index in [0.29, 0.717) is 32.7 Å². The summed E-state index contributed by atoms with van der Waals surface area (Å²) in [6.45, 7) is 2.21. The molecule has 5 nitrogen and oxygen atoms in total. The molecule has 1 saturated heterocycles. The number of hydrogen-bond acceptors (Lipinski definition) is 3. The average molecular weight is 305 g/mol. The first kappa shape index (κ1) is 16.5. The van der Waals surface area contributed by atoms with Crippen LogP contribution in [0.4, 0.5) is 0 Å². The van der Waals surface area contributed by atoms with Crippen molar-refractivity contribution < 1.29 is 19.4 Å². The van der Waals surface area contributed by atoms with E-state index in [0.717, 1.165) is 12.8 Å². The van der Waals surface area contributed by atoms with Gasteiger partial charge in [0, 0.05) is 19.5 Å². The van der Waals surface area contributed by atoms with Crippen LogP contribution in [0.5, 0.6) is 0 Å². The zero-order chi connectivity index (χ0) is 15.8. The van der Waals surface area contributed by atoms with Crippen molar-refractivity contribution in [3.8, 4) is 0 Å². The average Bonchev–Trinajstić information content (AvgIpc) is 2.55. The second kappa shape index (κ2) is 8.54. The Balaban J connectivity index is 1.79. The van der Waals surface area contributed by atoms with E-state index in [2.05, 4.69) is 0 Å². The summed E-state index contributed by atoms with van der Waals surface area (Å²) in [7, 11) is 0. The molecule has 22 heavy (non-hydrogen) atoms. The zero-order valence-electron chi connectivity index (χ0n) is 12.7. The van der Waals surface area contributed by atoms with Crippen LogP contribution in [0.25, 0.3) is 0 Å². The van der Waals surface area contributed by atoms with Crippen molar-refractivity contribution in [3.05, 3.63) is 35.9 Å². The number of benzene rings is 1. The van der Waals surface area contributed by atoms with Crippen LogP contribution in [0.15, 0.2) is 30.3 Å². The van der Waals surface area contributed by atoms with Gasteiger partial charge in [0.25, 0.3) is 0 Å². The number of nitrogens with zero attached hydrogens (tertiary/aromatic N) is 1. The van der Waals surface area contributed by atoms with Gasteiger partial charge in [-0.1, -0.05) is 30.3 Å². The summed E-state index contributed by atoms with van der Waals surface area (Å²) in [6, 6.07) is 9.99. The lowest BCUT2D eigenvalue weighted by atomic mass is 9.96. The van der Waals surface area contributed by atoms with Crippen molar-refractivity contribution in [2.24, 2.45) is 5.92 Å². The van der Waals surface area contributed by atoms with Crippen LogP contribution in [-0.2, 0) is 20.7 Å². The highest BCUT2D eigenvalue weighted by Crippen LogP contribution is 2.16. The smallest absolute Gasteiger partial charge is 0.307 e. The van der Waals surface area contributed by atoms with E-state index in [-0.39, 0.29) is 12.3 Å². The first-order valence-electron chi connectivity index (χ1n) is 7.79. The molecule has 0 aliphatic carbocycles. The zero-order valence-corrected chi connectivity index (χ0v) is 12.7. The molecule has 0 spiro atoms. The van der Waals surface area contributed by atoms with Crippen molar-refractivity contribution in [2.75, 3.05) is 26.3 Å². The van der Waals surface area contributed by atoms with E-state index in [1.54, 1.807) is 4.90 Å². The largest absolute Gasteiger partial charge is 0.481 e. The normalized spacial score (nSPS) is 16.3.